The summed E-state index contributed by atoms with van der Waals surface area (Å²) in [6.07, 6.45) is 5.87. The van der Waals surface area contributed by atoms with Crippen molar-refractivity contribution in [3.05, 3.63) is 11.8 Å². The lowest BCUT2D eigenvalue weighted by molar-refractivity contribution is -0.141. The average molecular weight is 389 g/mol. The Morgan fingerprint density at radius 1 is 1.04 bits per heavy atom. The number of hydrogen-bond acceptors (Lipinski definition) is 5. The van der Waals surface area contributed by atoms with Crippen LogP contribution in [-0.2, 0) is 9.59 Å². The van der Waals surface area contributed by atoms with E-state index in [4.69, 9.17) is 4.42 Å². The fourth-order valence-corrected chi connectivity index (χ4v) is 5.43. The summed E-state index contributed by atoms with van der Waals surface area (Å²) < 4.78 is 5.74. The van der Waals surface area contributed by atoms with E-state index in [0.29, 0.717) is 30.8 Å². The van der Waals surface area contributed by atoms with Gasteiger partial charge in [0, 0.05) is 45.4 Å². The van der Waals surface area contributed by atoms with E-state index in [9.17, 15) is 9.59 Å². The van der Waals surface area contributed by atoms with Gasteiger partial charge in [0.2, 0.25) is 23.6 Å². The van der Waals surface area contributed by atoms with Gasteiger partial charge in [-0.1, -0.05) is 6.92 Å². The van der Waals surface area contributed by atoms with E-state index in [0.717, 1.165) is 51.0 Å². The largest absolute Gasteiger partial charge is 0.425 e. The Morgan fingerprint density at radius 2 is 1.75 bits per heavy atom. The van der Waals surface area contributed by atoms with Crippen LogP contribution in [0.15, 0.2) is 4.42 Å². The number of hydrogen-bond donors (Lipinski definition) is 0. The van der Waals surface area contributed by atoms with Gasteiger partial charge in [0.15, 0.2) is 0 Å². The summed E-state index contributed by atoms with van der Waals surface area (Å²) >= 11 is 0. The Balaban J connectivity index is 1.49. The van der Waals surface area contributed by atoms with Crippen LogP contribution in [0, 0.1) is 30.6 Å². The lowest BCUT2D eigenvalue weighted by Gasteiger charge is -2.39. The minimum atomic E-state index is -0.0693. The molecule has 1 aromatic heterocycles. The third-order valence-corrected chi connectivity index (χ3v) is 7.18. The van der Waals surface area contributed by atoms with E-state index < -0.39 is 0 Å². The lowest BCUT2D eigenvalue weighted by atomic mass is 9.74. The molecule has 3 aliphatic rings. The maximum atomic E-state index is 13.1. The number of likely N-dealkylation sites (N-methyl/N-ethyl adjacent to an activating group) is 1. The standard InChI is InChI=1S/C21H32N4O3/c1-13-4-6-15(7-5-13)20(26)25-10-8-16-17(9-11-25)21(27)24(3)12-18(16)19-23-22-14(2)28-19/h13,15-18H,4-12H2,1-3H3/t13?,15?,16-,17+,18?/m1/s1. The molecule has 3 fully saturated rings. The molecule has 0 spiro atoms. The molecular weight excluding hydrogens is 356 g/mol. The predicted octanol–water partition coefficient (Wildman–Crippen LogP) is 2.61. The van der Waals surface area contributed by atoms with Crippen LogP contribution in [0.2, 0.25) is 0 Å². The minimum Gasteiger partial charge on any atom is -0.425 e. The second kappa shape index (κ2) is 7.84. The summed E-state index contributed by atoms with van der Waals surface area (Å²) in [6.45, 7) is 6.09. The molecule has 28 heavy (non-hydrogen) atoms. The molecule has 1 unspecified atom stereocenters. The van der Waals surface area contributed by atoms with Gasteiger partial charge in [-0.25, -0.2) is 0 Å². The fourth-order valence-electron chi connectivity index (χ4n) is 5.43. The van der Waals surface area contributed by atoms with Crippen molar-refractivity contribution in [2.24, 2.45) is 23.7 Å². The molecule has 1 saturated carbocycles. The van der Waals surface area contributed by atoms with E-state index in [-0.39, 0.29) is 29.6 Å². The fraction of sp³-hybridized carbons (Fsp3) is 0.810. The highest BCUT2D eigenvalue weighted by Crippen LogP contribution is 2.41. The maximum absolute atomic E-state index is 13.1. The van der Waals surface area contributed by atoms with Gasteiger partial charge in [-0.3, -0.25) is 9.59 Å². The number of carbonyl (C=O) groups is 2. The molecule has 1 aliphatic carbocycles. The molecule has 0 N–H and O–H groups in total. The summed E-state index contributed by atoms with van der Waals surface area (Å²) in [5.41, 5.74) is 0. The van der Waals surface area contributed by atoms with Crippen LogP contribution in [0.25, 0.3) is 0 Å². The van der Waals surface area contributed by atoms with Gasteiger partial charge >= 0.3 is 0 Å². The van der Waals surface area contributed by atoms with Crippen LogP contribution in [0.4, 0.5) is 0 Å². The molecule has 0 radical (unpaired) electrons. The Bertz CT molecular complexity index is 725. The Labute approximate surface area is 166 Å². The molecule has 7 heteroatoms. The van der Waals surface area contributed by atoms with Crippen molar-refractivity contribution >= 4 is 11.8 Å². The van der Waals surface area contributed by atoms with Crippen LogP contribution in [0.5, 0.6) is 0 Å². The zero-order valence-electron chi connectivity index (χ0n) is 17.3. The van der Waals surface area contributed by atoms with E-state index in [1.54, 1.807) is 11.8 Å². The third-order valence-electron chi connectivity index (χ3n) is 7.18. The number of amides is 2. The monoisotopic (exact) mass is 388 g/mol. The zero-order chi connectivity index (χ0) is 19.8. The molecular formula is C21H32N4O3. The highest BCUT2D eigenvalue weighted by atomic mass is 16.4. The first-order valence-electron chi connectivity index (χ1n) is 10.8. The van der Waals surface area contributed by atoms with Crippen molar-refractivity contribution in [2.45, 2.75) is 58.3 Å². The van der Waals surface area contributed by atoms with Crippen molar-refractivity contribution in [1.29, 1.82) is 0 Å². The molecule has 154 valence electrons. The summed E-state index contributed by atoms with van der Waals surface area (Å²) in [6, 6.07) is 0. The molecule has 1 aromatic rings. The normalized spacial score (nSPS) is 34.1. The van der Waals surface area contributed by atoms with Crippen LogP contribution in [0.1, 0.15) is 63.1 Å². The number of piperidine rings is 1. The third kappa shape index (κ3) is 3.67. The van der Waals surface area contributed by atoms with Crippen molar-refractivity contribution in [2.75, 3.05) is 26.7 Å². The first-order valence-corrected chi connectivity index (χ1v) is 10.8. The smallest absolute Gasteiger partial charge is 0.225 e. The zero-order valence-corrected chi connectivity index (χ0v) is 17.3. The topological polar surface area (TPSA) is 79.5 Å². The second-order valence-corrected chi connectivity index (χ2v) is 9.11. The van der Waals surface area contributed by atoms with E-state index >= 15 is 0 Å². The first-order chi connectivity index (χ1) is 13.4. The molecule has 2 amide bonds. The summed E-state index contributed by atoms with van der Waals surface area (Å²) in [5, 5.41) is 8.24. The number of aryl methyl sites for hydroxylation is 1. The van der Waals surface area contributed by atoms with Gasteiger partial charge in [-0.2, -0.15) is 0 Å². The van der Waals surface area contributed by atoms with Gasteiger partial charge in [0.1, 0.15) is 0 Å². The summed E-state index contributed by atoms with van der Waals surface area (Å²) in [5.74, 6) is 2.74. The van der Waals surface area contributed by atoms with Crippen molar-refractivity contribution < 1.29 is 14.0 Å². The number of aromatic nitrogens is 2. The lowest BCUT2D eigenvalue weighted by Crippen LogP contribution is -2.47. The van der Waals surface area contributed by atoms with Gasteiger partial charge in [0.25, 0.3) is 0 Å². The molecule has 7 nitrogen and oxygen atoms in total. The van der Waals surface area contributed by atoms with Crippen LogP contribution in [-0.4, -0.2) is 58.5 Å². The van der Waals surface area contributed by atoms with E-state index in [2.05, 4.69) is 17.1 Å². The molecule has 0 aromatic carbocycles. The summed E-state index contributed by atoms with van der Waals surface area (Å²) in [7, 11) is 1.85. The van der Waals surface area contributed by atoms with Crippen molar-refractivity contribution in [1.82, 2.24) is 20.0 Å². The Hall–Kier alpha value is -1.92. The minimum absolute atomic E-state index is 0.0551. The van der Waals surface area contributed by atoms with Crippen LogP contribution < -0.4 is 0 Å². The van der Waals surface area contributed by atoms with Gasteiger partial charge in [-0.05, 0) is 50.4 Å². The van der Waals surface area contributed by atoms with E-state index in [1.807, 2.05) is 11.9 Å². The molecule has 2 aliphatic heterocycles. The average Bonchev–Trinajstić information content (AvgIpc) is 2.99. The maximum Gasteiger partial charge on any atom is 0.225 e. The molecule has 0 bridgehead atoms. The van der Waals surface area contributed by atoms with Crippen LogP contribution in [0.3, 0.4) is 0 Å². The highest BCUT2D eigenvalue weighted by Gasteiger charge is 2.45. The number of fused-ring (bicyclic) bond motifs is 1. The van der Waals surface area contributed by atoms with E-state index in [1.165, 1.54) is 0 Å². The predicted molar refractivity (Wildman–Crippen MR) is 103 cm³/mol. The molecule has 2 saturated heterocycles. The number of nitrogens with zero attached hydrogens (tertiary/aromatic N) is 4. The Kier molecular flexibility index (Phi) is 5.43. The number of likely N-dealkylation sites (tertiary alicyclic amines) is 2. The molecule has 4 rings (SSSR count). The SMILES string of the molecule is Cc1nnc(C2CN(C)C(=O)[C@H]3CCN(C(=O)C4CCC(C)CC4)CC[C@@H]23)o1. The number of carbonyl (C=O) groups excluding carboxylic acids is 2. The molecule has 3 atom stereocenters. The van der Waals surface area contributed by atoms with Gasteiger partial charge in [-0.15, -0.1) is 10.2 Å². The van der Waals surface area contributed by atoms with Crippen molar-refractivity contribution in [3.63, 3.8) is 0 Å². The Morgan fingerprint density at radius 3 is 2.43 bits per heavy atom. The second-order valence-electron chi connectivity index (χ2n) is 9.11. The summed E-state index contributed by atoms with van der Waals surface area (Å²) in [4.78, 5) is 29.8. The van der Waals surface area contributed by atoms with Crippen molar-refractivity contribution in [3.8, 4) is 0 Å². The first kappa shape index (κ1) is 19.4. The van der Waals surface area contributed by atoms with Gasteiger partial charge in [0.05, 0.1) is 5.92 Å². The highest BCUT2D eigenvalue weighted by molar-refractivity contribution is 5.81. The molecule has 3 heterocycles. The number of rotatable bonds is 2. The van der Waals surface area contributed by atoms with Crippen LogP contribution >= 0.6 is 0 Å². The van der Waals surface area contributed by atoms with Gasteiger partial charge < -0.3 is 14.2 Å². The quantitative estimate of drug-likeness (QED) is 0.778.